The molecule has 1 saturated heterocycles. The molecule has 92 valence electrons. The zero-order chi connectivity index (χ0) is 11.7. The summed E-state index contributed by atoms with van der Waals surface area (Å²) in [7, 11) is 2.14. The van der Waals surface area contributed by atoms with E-state index in [1.807, 2.05) is 0 Å². The largest absolute Gasteiger partial charge is 0.335 e. The molecule has 2 rings (SSSR count). The van der Waals surface area contributed by atoms with Gasteiger partial charge in [-0.1, -0.05) is 0 Å². The van der Waals surface area contributed by atoms with Crippen LogP contribution in [0.5, 0.6) is 0 Å². The second-order valence-electron chi connectivity index (χ2n) is 5.30. The van der Waals surface area contributed by atoms with E-state index in [0.29, 0.717) is 12.1 Å². The lowest BCUT2D eigenvalue weighted by atomic mass is 10.0. The van der Waals surface area contributed by atoms with Crippen molar-refractivity contribution in [1.29, 1.82) is 0 Å². The average Bonchev–Trinajstić information content (AvgIpc) is 3.05. The molecule has 2 aliphatic rings. The number of nitrogens with two attached hydrogens (primary N) is 1. The number of likely N-dealkylation sites (tertiary alicyclic amines) is 1. The van der Waals surface area contributed by atoms with Gasteiger partial charge in [0.05, 0.1) is 6.04 Å². The highest BCUT2D eigenvalue weighted by atomic mass is 16.2. The summed E-state index contributed by atoms with van der Waals surface area (Å²) < 4.78 is 0. The van der Waals surface area contributed by atoms with Gasteiger partial charge in [0.15, 0.2) is 0 Å². The maximum absolute atomic E-state index is 12.1. The fourth-order valence-electron chi connectivity index (χ4n) is 2.52. The summed E-state index contributed by atoms with van der Waals surface area (Å²) in [6.45, 7) is 3.99. The lowest BCUT2D eigenvalue weighted by Crippen LogP contribution is -2.52. The molecule has 1 unspecified atom stereocenters. The molecular weight excluding hydrogens is 202 g/mol. The van der Waals surface area contributed by atoms with Crippen molar-refractivity contribution in [3.05, 3.63) is 0 Å². The number of carbonyl (C=O) groups excluding carboxylic acids is 1. The molecule has 1 heterocycles. The first-order valence-corrected chi connectivity index (χ1v) is 6.36. The van der Waals surface area contributed by atoms with Crippen LogP contribution in [0.2, 0.25) is 0 Å². The van der Waals surface area contributed by atoms with Crippen LogP contribution in [0.1, 0.15) is 32.6 Å². The summed E-state index contributed by atoms with van der Waals surface area (Å²) in [5.41, 5.74) is 5.73. The average molecular weight is 225 g/mol. The van der Waals surface area contributed by atoms with E-state index in [4.69, 9.17) is 5.73 Å². The minimum absolute atomic E-state index is 0.150. The molecule has 0 aromatic heterocycles. The first-order chi connectivity index (χ1) is 7.59. The standard InChI is InChI=1S/C12H23N3O/c1-9(13)12(16)15(10-3-4-10)11-5-7-14(2)8-6-11/h9-11H,3-8,13H2,1-2H3. The molecule has 4 nitrogen and oxygen atoms in total. The fourth-order valence-corrected chi connectivity index (χ4v) is 2.52. The predicted octanol–water partition coefficient (Wildman–Crippen LogP) is 0.419. The Bertz CT molecular complexity index is 255. The Labute approximate surface area is 97.8 Å². The van der Waals surface area contributed by atoms with Crippen LogP contribution in [-0.4, -0.2) is 54.0 Å². The van der Waals surface area contributed by atoms with Gasteiger partial charge >= 0.3 is 0 Å². The maximum atomic E-state index is 12.1. The van der Waals surface area contributed by atoms with Gasteiger partial charge in [-0.05, 0) is 52.7 Å². The summed E-state index contributed by atoms with van der Waals surface area (Å²) in [6.07, 6.45) is 4.55. The quantitative estimate of drug-likeness (QED) is 0.757. The van der Waals surface area contributed by atoms with E-state index in [-0.39, 0.29) is 11.9 Å². The lowest BCUT2D eigenvalue weighted by molar-refractivity contribution is -0.136. The highest BCUT2D eigenvalue weighted by molar-refractivity contribution is 5.82. The number of rotatable bonds is 3. The van der Waals surface area contributed by atoms with Crippen LogP contribution in [0, 0.1) is 0 Å². The Morgan fingerprint density at radius 1 is 1.25 bits per heavy atom. The topological polar surface area (TPSA) is 49.6 Å². The third kappa shape index (κ3) is 2.55. The molecule has 0 spiro atoms. The van der Waals surface area contributed by atoms with Gasteiger partial charge in [0.2, 0.25) is 5.91 Å². The van der Waals surface area contributed by atoms with Gasteiger partial charge in [-0.3, -0.25) is 4.79 Å². The van der Waals surface area contributed by atoms with E-state index in [2.05, 4.69) is 16.8 Å². The number of hydrogen-bond donors (Lipinski definition) is 1. The van der Waals surface area contributed by atoms with Crippen LogP contribution in [0.25, 0.3) is 0 Å². The third-order valence-electron chi connectivity index (χ3n) is 3.67. The summed E-state index contributed by atoms with van der Waals surface area (Å²) in [6, 6.07) is 0.578. The van der Waals surface area contributed by atoms with E-state index in [1.54, 1.807) is 6.92 Å². The molecule has 0 radical (unpaired) electrons. The molecule has 1 aliphatic carbocycles. The zero-order valence-electron chi connectivity index (χ0n) is 10.4. The number of nitrogens with zero attached hydrogens (tertiary/aromatic N) is 2. The Kier molecular flexibility index (Phi) is 3.50. The van der Waals surface area contributed by atoms with Crippen molar-refractivity contribution in [3.8, 4) is 0 Å². The predicted molar refractivity (Wildman–Crippen MR) is 64.0 cm³/mol. The van der Waals surface area contributed by atoms with Gasteiger partial charge in [0, 0.05) is 12.1 Å². The van der Waals surface area contributed by atoms with Gasteiger partial charge in [0.25, 0.3) is 0 Å². The first kappa shape index (κ1) is 11.9. The van der Waals surface area contributed by atoms with Gasteiger partial charge < -0.3 is 15.5 Å². The Morgan fingerprint density at radius 3 is 2.19 bits per heavy atom. The second kappa shape index (κ2) is 4.72. The second-order valence-corrected chi connectivity index (χ2v) is 5.30. The van der Waals surface area contributed by atoms with Crippen LogP contribution >= 0.6 is 0 Å². The van der Waals surface area contributed by atoms with Crippen molar-refractivity contribution in [3.63, 3.8) is 0 Å². The third-order valence-corrected chi connectivity index (χ3v) is 3.67. The lowest BCUT2D eigenvalue weighted by Gasteiger charge is -2.38. The van der Waals surface area contributed by atoms with Crippen molar-refractivity contribution >= 4 is 5.91 Å². The molecule has 2 fully saturated rings. The molecule has 0 bridgehead atoms. The molecule has 0 aromatic rings. The Morgan fingerprint density at radius 2 is 1.75 bits per heavy atom. The van der Waals surface area contributed by atoms with E-state index in [1.165, 1.54) is 12.8 Å². The molecule has 0 aromatic carbocycles. The Balaban J connectivity index is 1.99. The SMILES string of the molecule is CC(N)C(=O)N(C1CC1)C1CCN(C)CC1. The molecular formula is C12H23N3O. The summed E-state index contributed by atoms with van der Waals surface area (Å²) in [5, 5.41) is 0. The molecule has 2 N–H and O–H groups in total. The monoisotopic (exact) mass is 225 g/mol. The minimum atomic E-state index is -0.347. The summed E-state index contributed by atoms with van der Waals surface area (Å²) in [4.78, 5) is 16.5. The van der Waals surface area contributed by atoms with Crippen LogP contribution in [-0.2, 0) is 4.79 Å². The number of carbonyl (C=O) groups is 1. The van der Waals surface area contributed by atoms with Gasteiger partial charge in [-0.25, -0.2) is 0 Å². The molecule has 1 atom stereocenters. The smallest absolute Gasteiger partial charge is 0.239 e. The van der Waals surface area contributed by atoms with E-state index in [9.17, 15) is 4.79 Å². The molecule has 16 heavy (non-hydrogen) atoms. The van der Waals surface area contributed by atoms with Crippen LogP contribution in [0.4, 0.5) is 0 Å². The van der Waals surface area contributed by atoms with E-state index in [0.717, 1.165) is 25.9 Å². The highest BCUT2D eigenvalue weighted by Gasteiger charge is 2.38. The van der Waals surface area contributed by atoms with Crippen molar-refractivity contribution in [1.82, 2.24) is 9.80 Å². The van der Waals surface area contributed by atoms with Gasteiger partial charge in [-0.2, -0.15) is 0 Å². The first-order valence-electron chi connectivity index (χ1n) is 6.36. The van der Waals surface area contributed by atoms with Crippen LogP contribution in [0.3, 0.4) is 0 Å². The van der Waals surface area contributed by atoms with Crippen molar-refractivity contribution in [2.75, 3.05) is 20.1 Å². The summed E-state index contributed by atoms with van der Waals surface area (Å²) >= 11 is 0. The van der Waals surface area contributed by atoms with Gasteiger partial charge in [-0.15, -0.1) is 0 Å². The molecule has 1 saturated carbocycles. The number of piperidine rings is 1. The number of hydrogen-bond acceptors (Lipinski definition) is 3. The van der Waals surface area contributed by atoms with Crippen LogP contribution in [0.15, 0.2) is 0 Å². The number of amides is 1. The maximum Gasteiger partial charge on any atom is 0.239 e. The fraction of sp³-hybridized carbons (Fsp3) is 0.917. The van der Waals surface area contributed by atoms with E-state index >= 15 is 0 Å². The van der Waals surface area contributed by atoms with Crippen molar-refractivity contribution in [2.24, 2.45) is 5.73 Å². The minimum Gasteiger partial charge on any atom is -0.335 e. The normalized spacial score (nSPS) is 25.4. The molecule has 4 heteroatoms. The molecule has 1 amide bonds. The zero-order valence-corrected chi connectivity index (χ0v) is 10.4. The highest BCUT2D eigenvalue weighted by Crippen LogP contribution is 2.32. The Hall–Kier alpha value is -0.610. The van der Waals surface area contributed by atoms with E-state index < -0.39 is 0 Å². The van der Waals surface area contributed by atoms with Crippen molar-refractivity contribution < 1.29 is 4.79 Å². The van der Waals surface area contributed by atoms with Crippen molar-refractivity contribution in [2.45, 2.75) is 50.7 Å². The van der Waals surface area contributed by atoms with Crippen LogP contribution < -0.4 is 5.73 Å². The summed E-state index contributed by atoms with van der Waals surface area (Å²) in [5.74, 6) is 0.150. The molecule has 1 aliphatic heterocycles. The van der Waals surface area contributed by atoms with Gasteiger partial charge in [0.1, 0.15) is 0 Å².